The summed E-state index contributed by atoms with van der Waals surface area (Å²) in [4.78, 5) is -0.0379. The molecule has 2 aliphatic heterocycles. The molecular formula is C8H13ClO2. The topological polar surface area (TPSA) is 18.5 Å². The minimum absolute atomic E-state index is 0.0379. The zero-order chi connectivity index (χ0) is 7.73. The first-order chi connectivity index (χ1) is 5.31. The molecule has 3 heteroatoms. The molecule has 0 radical (unpaired) electrons. The Balaban J connectivity index is 1.91. The fraction of sp³-hybridized carbons (Fsp3) is 1.00. The fourth-order valence-electron chi connectivity index (χ4n) is 1.75. The van der Waals surface area contributed by atoms with E-state index in [-0.39, 0.29) is 4.87 Å². The molecule has 0 amide bonds. The third-order valence-electron chi connectivity index (χ3n) is 2.64. The van der Waals surface area contributed by atoms with E-state index in [2.05, 4.69) is 0 Å². The van der Waals surface area contributed by atoms with Crippen LogP contribution in [-0.4, -0.2) is 31.3 Å². The van der Waals surface area contributed by atoms with E-state index in [4.69, 9.17) is 21.1 Å². The van der Waals surface area contributed by atoms with Gasteiger partial charge in [-0.25, -0.2) is 0 Å². The molecule has 0 aliphatic carbocycles. The summed E-state index contributed by atoms with van der Waals surface area (Å²) < 4.78 is 10.4. The molecule has 2 aliphatic rings. The van der Waals surface area contributed by atoms with Crippen LogP contribution in [0.5, 0.6) is 0 Å². The highest BCUT2D eigenvalue weighted by Crippen LogP contribution is 2.38. The van der Waals surface area contributed by atoms with Gasteiger partial charge in [-0.2, -0.15) is 0 Å². The van der Waals surface area contributed by atoms with Gasteiger partial charge in [-0.3, -0.25) is 0 Å². The van der Waals surface area contributed by atoms with Gasteiger partial charge in [-0.05, 0) is 18.8 Å². The maximum atomic E-state index is 6.31. The summed E-state index contributed by atoms with van der Waals surface area (Å²) in [6, 6.07) is 0. The van der Waals surface area contributed by atoms with Gasteiger partial charge >= 0.3 is 0 Å². The molecule has 0 bridgehead atoms. The molecule has 2 rings (SSSR count). The van der Waals surface area contributed by atoms with Gasteiger partial charge in [0.05, 0.1) is 18.1 Å². The van der Waals surface area contributed by atoms with E-state index in [1.807, 2.05) is 0 Å². The van der Waals surface area contributed by atoms with Crippen LogP contribution < -0.4 is 0 Å². The molecule has 0 aromatic heterocycles. The van der Waals surface area contributed by atoms with Crippen LogP contribution in [0.25, 0.3) is 0 Å². The summed E-state index contributed by atoms with van der Waals surface area (Å²) in [5.74, 6) is 0.617. The van der Waals surface area contributed by atoms with Crippen LogP contribution in [-0.2, 0) is 9.47 Å². The van der Waals surface area contributed by atoms with Crippen molar-refractivity contribution in [3.63, 3.8) is 0 Å². The van der Waals surface area contributed by atoms with Crippen LogP contribution >= 0.6 is 11.6 Å². The van der Waals surface area contributed by atoms with Crippen LogP contribution in [0.15, 0.2) is 0 Å². The molecule has 0 unspecified atom stereocenters. The van der Waals surface area contributed by atoms with Gasteiger partial charge in [-0.15, -0.1) is 11.6 Å². The Kier molecular flexibility index (Phi) is 2.08. The first kappa shape index (κ1) is 7.84. The van der Waals surface area contributed by atoms with Gasteiger partial charge in [0.25, 0.3) is 0 Å². The second kappa shape index (κ2) is 2.92. The van der Waals surface area contributed by atoms with Crippen LogP contribution in [0, 0.1) is 5.92 Å². The Morgan fingerprint density at radius 3 is 2.18 bits per heavy atom. The minimum atomic E-state index is -0.0379. The second-order valence-electron chi connectivity index (χ2n) is 3.41. The zero-order valence-electron chi connectivity index (χ0n) is 6.51. The van der Waals surface area contributed by atoms with Gasteiger partial charge in [0.1, 0.15) is 0 Å². The number of ether oxygens (including phenoxy) is 2. The average Bonchev–Trinajstić information content (AvgIpc) is 2.02. The van der Waals surface area contributed by atoms with Crippen molar-refractivity contribution in [1.82, 2.24) is 0 Å². The Bertz CT molecular complexity index is 139. The largest absolute Gasteiger partial charge is 0.381 e. The van der Waals surface area contributed by atoms with E-state index < -0.39 is 0 Å². The van der Waals surface area contributed by atoms with Crippen molar-refractivity contribution in [2.24, 2.45) is 5.92 Å². The summed E-state index contributed by atoms with van der Waals surface area (Å²) in [5, 5.41) is 0. The number of hydrogen-bond acceptors (Lipinski definition) is 2. The van der Waals surface area contributed by atoms with Gasteiger partial charge in [0.15, 0.2) is 0 Å². The number of hydrogen-bond donors (Lipinski definition) is 0. The quantitative estimate of drug-likeness (QED) is 0.563. The summed E-state index contributed by atoms with van der Waals surface area (Å²) in [6.07, 6.45) is 2.21. The lowest BCUT2D eigenvalue weighted by atomic mass is 9.84. The Labute approximate surface area is 71.8 Å². The maximum absolute atomic E-state index is 6.31. The molecular weight excluding hydrogens is 164 g/mol. The van der Waals surface area contributed by atoms with E-state index in [0.717, 1.165) is 39.3 Å². The van der Waals surface area contributed by atoms with Crippen LogP contribution in [0.4, 0.5) is 0 Å². The zero-order valence-corrected chi connectivity index (χ0v) is 7.27. The monoisotopic (exact) mass is 176 g/mol. The molecule has 2 saturated heterocycles. The molecule has 64 valence electrons. The molecule has 0 aromatic carbocycles. The van der Waals surface area contributed by atoms with Crippen LogP contribution in [0.1, 0.15) is 12.8 Å². The minimum Gasteiger partial charge on any atom is -0.381 e. The summed E-state index contributed by atoms with van der Waals surface area (Å²) in [6.45, 7) is 3.22. The highest BCUT2D eigenvalue weighted by molar-refractivity contribution is 6.24. The highest BCUT2D eigenvalue weighted by Gasteiger charge is 2.44. The van der Waals surface area contributed by atoms with Gasteiger partial charge in [0, 0.05) is 13.2 Å². The second-order valence-corrected chi connectivity index (χ2v) is 4.17. The summed E-state index contributed by atoms with van der Waals surface area (Å²) in [7, 11) is 0. The number of rotatable bonds is 1. The van der Waals surface area contributed by atoms with Crippen LogP contribution in [0.2, 0.25) is 0 Å². The van der Waals surface area contributed by atoms with Crippen LogP contribution in [0.3, 0.4) is 0 Å². The molecule has 11 heavy (non-hydrogen) atoms. The number of alkyl halides is 1. The predicted octanol–water partition coefficient (Wildman–Crippen LogP) is 1.42. The van der Waals surface area contributed by atoms with Gasteiger partial charge in [0.2, 0.25) is 0 Å². The first-order valence-electron chi connectivity index (χ1n) is 4.16. The fourth-order valence-corrected chi connectivity index (χ4v) is 2.12. The molecule has 2 heterocycles. The van der Waals surface area contributed by atoms with Crippen molar-refractivity contribution in [2.75, 3.05) is 26.4 Å². The lowest BCUT2D eigenvalue weighted by Gasteiger charge is -2.43. The Hall–Kier alpha value is 0.210. The van der Waals surface area contributed by atoms with E-state index in [1.54, 1.807) is 0 Å². The van der Waals surface area contributed by atoms with Crippen molar-refractivity contribution in [1.29, 1.82) is 0 Å². The molecule has 0 saturated carbocycles. The van der Waals surface area contributed by atoms with Gasteiger partial charge < -0.3 is 9.47 Å². The lowest BCUT2D eigenvalue weighted by molar-refractivity contribution is -0.0650. The maximum Gasteiger partial charge on any atom is 0.0941 e. The third-order valence-corrected chi connectivity index (χ3v) is 3.16. The summed E-state index contributed by atoms with van der Waals surface area (Å²) >= 11 is 6.31. The summed E-state index contributed by atoms with van der Waals surface area (Å²) in [5.41, 5.74) is 0. The Morgan fingerprint density at radius 2 is 1.73 bits per heavy atom. The van der Waals surface area contributed by atoms with Gasteiger partial charge in [-0.1, -0.05) is 0 Å². The Morgan fingerprint density at radius 1 is 1.09 bits per heavy atom. The highest BCUT2D eigenvalue weighted by atomic mass is 35.5. The van der Waals surface area contributed by atoms with Crippen molar-refractivity contribution >= 4 is 11.6 Å². The van der Waals surface area contributed by atoms with Crippen molar-refractivity contribution < 1.29 is 9.47 Å². The molecule has 0 aromatic rings. The molecule has 0 atom stereocenters. The normalized spacial score (nSPS) is 31.4. The standard InChI is InChI=1S/C8H13ClO2/c9-8(5-11-6-8)7-1-3-10-4-2-7/h7H,1-6H2. The molecule has 0 N–H and O–H groups in total. The average molecular weight is 177 g/mol. The van der Waals surface area contributed by atoms with E-state index in [0.29, 0.717) is 5.92 Å². The van der Waals surface area contributed by atoms with E-state index in [1.165, 1.54) is 0 Å². The predicted molar refractivity (Wildman–Crippen MR) is 42.9 cm³/mol. The smallest absolute Gasteiger partial charge is 0.0941 e. The van der Waals surface area contributed by atoms with E-state index in [9.17, 15) is 0 Å². The lowest BCUT2D eigenvalue weighted by Crippen LogP contribution is -2.51. The molecule has 0 spiro atoms. The van der Waals surface area contributed by atoms with E-state index >= 15 is 0 Å². The first-order valence-corrected chi connectivity index (χ1v) is 4.53. The number of halogens is 1. The SMILES string of the molecule is ClC1(C2CCOCC2)COC1. The molecule has 2 fully saturated rings. The van der Waals surface area contributed by atoms with Crippen molar-refractivity contribution in [2.45, 2.75) is 17.7 Å². The van der Waals surface area contributed by atoms with Crippen molar-refractivity contribution in [3.8, 4) is 0 Å². The van der Waals surface area contributed by atoms with Crippen molar-refractivity contribution in [3.05, 3.63) is 0 Å². The third kappa shape index (κ3) is 1.40. The molecule has 2 nitrogen and oxygen atoms in total.